The summed E-state index contributed by atoms with van der Waals surface area (Å²) >= 11 is 0. The molecule has 18 heavy (non-hydrogen) atoms. The van der Waals surface area contributed by atoms with E-state index in [2.05, 4.69) is 5.32 Å². The lowest BCUT2D eigenvalue weighted by atomic mass is 10.1. The maximum atomic E-state index is 11.8. The third-order valence-corrected chi connectivity index (χ3v) is 2.20. The van der Waals surface area contributed by atoms with Crippen molar-refractivity contribution in [2.45, 2.75) is 13.0 Å². The summed E-state index contributed by atoms with van der Waals surface area (Å²) in [5.41, 5.74) is 0.207. The van der Waals surface area contributed by atoms with E-state index in [1.807, 2.05) is 0 Å². The number of ether oxygens (including phenoxy) is 1. The van der Waals surface area contributed by atoms with Crippen LogP contribution in [0.1, 0.15) is 17.3 Å². The summed E-state index contributed by atoms with van der Waals surface area (Å²) in [6.45, 7) is 1.42. The van der Waals surface area contributed by atoms with Gasteiger partial charge in [0.1, 0.15) is 5.75 Å². The van der Waals surface area contributed by atoms with Gasteiger partial charge >= 0.3 is 0 Å². The van der Waals surface area contributed by atoms with E-state index in [4.69, 9.17) is 9.84 Å². The number of rotatable bonds is 6. The van der Waals surface area contributed by atoms with Gasteiger partial charge in [-0.15, -0.1) is 0 Å². The van der Waals surface area contributed by atoms with E-state index < -0.39 is 24.5 Å². The zero-order valence-electron chi connectivity index (χ0n) is 9.88. The maximum absolute atomic E-state index is 11.8. The Labute approximate surface area is 104 Å². The number of carbonyl (C=O) groups excluding carboxylic acids is 2. The molecule has 0 fully saturated rings. The second-order valence-electron chi connectivity index (χ2n) is 3.46. The van der Waals surface area contributed by atoms with E-state index in [9.17, 15) is 14.7 Å². The molecule has 0 aromatic heterocycles. The third kappa shape index (κ3) is 3.46. The van der Waals surface area contributed by atoms with Crippen molar-refractivity contribution in [3.8, 4) is 5.75 Å². The zero-order valence-corrected chi connectivity index (χ0v) is 9.88. The molecule has 0 aliphatic heterocycles. The van der Waals surface area contributed by atoms with Gasteiger partial charge in [0.25, 0.3) is 5.91 Å². The molecule has 0 aliphatic rings. The van der Waals surface area contributed by atoms with Gasteiger partial charge in [-0.2, -0.15) is 0 Å². The first kappa shape index (κ1) is 14.0. The van der Waals surface area contributed by atoms with Gasteiger partial charge in [0.05, 0.1) is 30.8 Å². The Kier molecular flexibility index (Phi) is 5.13. The first-order valence-corrected chi connectivity index (χ1v) is 5.44. The van der Waals surface area contributed by atoms with Crippen molar-refractivity contribution in [2.24, 2.45) is 0 Å². The number of carboxylic acid groups (broad SMARTS) is 1. The van der Waals surface area contributed by atoms with Gasteiger partial charge in [-0.1, -0.05) is 12.1 Å². The Morgan fingerprint density at radius 2 is 2.11 bits per heavy atom. The van der Waals surface area contributed by atoms with E-state index >= 15 is 0 Å². The number of carbonyl (C=O) groups is 2. The molecule has 0 unspecified atom stereocenters. The average molecular weight is 252 g/mol. The predicted octanol–water partition coefficient (Wildman–Crippen LogP) is -1.07. The third-order valence-electron chi connectivity index (χ3n) is 2.20. The van der Waals surface area contributed by atoms with Gasteiger partial charge in [0.2, 0.25) is 0 Å². The van der Waals surface area contributed by atoms with Crippen LogP contribution in [0.2, 0.25) is 0 Å². The Balaban J connectivity index is 2.86. The number of aliphatic carboxylic acids is 1. The molecule has 6 nitrogen and oxygen atoms in total. The van der Waals surface area contributed by atoms with E-state index in [0.29, 0.717) is 12.4 Å². The number of para-hydroxylation sites is 1. The Morgan fingerprint density at radius 3 is 2.67 bits per heavy atom. The second-order valence-corrected chi connectivity index (χ2v) is 3.46. The number of aliphatic hydroxyl groups is 1. The van der Waals surface area contributed by atoms with Gasteiger partial charge in [-0.3, -0.25) is 4.79 Å². The van der Waals surface area contributed by atoms with Crippen LogP contribution < -0.4 is 15.2 Å². The Bertz CT molecular complexity index is 432. The minimum atomic E-state index is -1.54. The van der Waals surface area contributed by atoms with E-state index in [1.165, 1.54) is 6.07 Å². The van der Waals surface area contributed by atoms with Crippen molar-refractivity contribution >= 4 is 11.9 Å². The summed E-state index contributed by atoms with van der Waals surface area (Å²) in [6, 6.07) is 5.00. The number of hydrogen-bond donors (Lipinski definition) is 2. The quantitative estimate of drug-likeness (QED) is 0.671. The van der Waals surface area contributed by atoms with E-state index in [1.54, 1.807) is 25.1 Å². The highest BCUT2D eigenvalue weighted by Gasteiger charge is 2.16. The molecule has 98 valence electrons. The van der Waals surface area contributed by atoms with Crippen LogP contribution in [-0.2, 0) is 4.79 Å². The molecular formula is C12H14NO5-. The van der Waals surface area contributed by atoms with Gasteiger partial charge in [-0.05, 0) is 19.1 Å². The monoisotopic (exact) mass is 252 g/mol. The van der Waals surface area contributed by atoms with Gasteiger partial charge in [0, 0.05) is 0 Å². The molecule has 2 N–H and O–H groups in total. The Morgan fingerprint density at radius 1 is 1.44 bits per heavy atom. The van der Waals surface area contributed by atoms with Crippen molar-refractivity contribution in [3.63, 3.8) is 0 Å². The molecule has 0 saturated carbocycles. The number of aliphatic hydroxyl groups excluding tert-OH is 1. The smallest absolute Gasteiger partial charge is 0.255 e. The second kappa shape index (κ2) is 6.61. The van der Waals surface area contributed by atoms with E-state index in [0.717, 1.165) is 0 Å². The maximum Gasteiger partial charge on any atom is 0.255 e. The van der Waals surface area contributed by atoms with Crippen molar-refractivity contribution < 1.29 is 24.5 Å². The molecule has 0 spiro atoms. The minimum absolute atomic E-state index is 0.207. The summed E-state index contributed by atoms with van der Waals surface area (Å²) in [5.74, 6) is -1.82. The molecule has 0 radical (unpaired) electrons. The summed E-state index contributed by atoms with van der Waals surface area (Å²) in [4.78, 5) is 22.4. The lowest BCUT2D eigenvalue weighted by Gasteiger charge is -2.18. The number of carboxylic acids is 1. The zero-order chi connectivity index (χ0) is 13.5. The summed E-state index contributed by atoms with van der Waals surface area (Å²) in [5, 5.41) is 21.5. The fraction of sp³-hybridized carbons (Fsp3) is 0.333. The van der Waals surface area contributed by atoms with Crippen LogP contribution in [0.4, 0.5) is 0 Å². The first-order chi connectivity index (χ1) is 8.60. The SMILES string of the molecule is CCOc1ccccc1C(=O)N[C@@H](CO)C(=O)[O-]. The van der Waals surface area contributed by atoms with Crippen molar-refractivity contribution in [1.82, 2.24) is 5.32 Å². The van der Waals surface area contributed by atoms with Crippen LogP contribution in [-0.4, -0.2) is 36.2 Å². The van der Waals surface area contributed by atoms with Crippen molar-refractivity contribution in [1.29, 1.82) is 0 Å². The van der Waals surface area contributed by atoms with E-state index in [-0.39, 0.29) is 5.56 Å². The van der Waals surface area contributed by atoms with Gasteiger partial charge in [0.15, 0.2) is 0 Å². The van der Waals surface area contributed by atoms with Crippen LogP contribution in [0.3, 0.4) is 0 Å². The average Bonchev–Trinajstić information content (AvgIpc) is 2.36. The standard InChI is InChI=1S/C12H15NO5/c1-2-18-10-6-4-3-5-8(10)11(15)13-9(7-14)12(16)17/h3-6,9,14H,2,7H2,1H3,(H,13,15)(H,16,17)/p-1/t9-/m0/s1. The molecule has 1 atom stereocenters. The molecule has 0 saturated heterocycles. The topological polar surface area (TPSA) is 98.7 Å². The highest BCUT2D eigenvalue weighted by atomic mass is 16.5. The number of nitrogens with one attached hydrogen (secondary N) is 1. The highest BCUT2D eigenvalue weighted by molar-refractivity contribution is 5.98. The van der Waals surface area contributed by atoms with Crippen molar-refractivity contribution in [3.05, 3.63) is 29.8 Å². The predicted molar refractivity (Wildman–Crippen MR) is 61.0 cm³/mol. The fourth-order valence-electron chi connectivity index (χ4n) is 1.35. The van der Waals surface area contributed by atoms with Crippen LogP contribution >= 0.6 is 0 Å². The summed E-state index contributed by atoms with van der Waals surface area (Å²) < 4.78 is 5.25. The van der Waals surface area contributed by atoms with Crippen molar-refractivity contribution in [2.75, 3.05) is 13.2 Å². The molecule has 1 amide bonds. The highest BCUT2D eigenvalue weighted by Crippen LogP contribution is 2.17. The number of benzene rings is 1. The molecule has 0 aliphatic carbocycles. The molecule has 1 aromatic rings. The van der Waals surface area contributed by atoms with Gasteiger partial charge in [-0.25, -0.2) is 0 Å². The lowest BCUT2D eigenvalue weighted by molar-refractivity contribution is -0.308. The molecular weight excluding hydrogens is 238 g/mol. The molecule has 1 rings (SSSR count). The van der Waals surface area contributed by atoms with Crippen LogP contribution in [0.25, 0.3) is 0 Å². The first-order valence-electron chi connectivity index (χ1n) is 5.44. The molecule has 6 heteroatoms. The lowest BCUT2D eigenvalue weighted by Crippen LogP contribution is -2.50. The van der Waals surface area contributed by atoms with Crippen LogP contribution in [0.15, 0.2) is 24.3 Å². The molecule has 1 aromatic carbocycles. The molecule has 0 bridgehead atoms. The number of amides is 1. The summed E-state index contributed by atoms with van der Waals surface area (Å²) in [6.07, 6.45) is 0. The minimum Gasteiger partial charge on any atom is -0.548 e. The normalized spacial score (nSPS) is 11.7. The largest absolute Gasteiger partial charge is 0.548 e. The Hall–Kier alpha value is -2.08. The van der Waals surface area contributed by atoms with Gasteiger partial charge < -0.3 is 25.1 Å². The van der Waals surface area contributed by atoms with Crippen LogP contribution in [0.5, 0.6) is 5.75 Å². The molecule has 0 heterocycles. The summed E-state index contributed by atoms with van der Waals surface area (Å²) in [7, 11) is 0. The van der Waals surface area contributed by atoms with Crippen LogP contribution in [0, 0.1) is 0 Å². The number of hydrogen-bond acceptors (Lipinski definition) is 5. The fourth-order valence-corrected chi connectivity index (χ4v) is 1.35.